The summed E-state index contributed by atoms with van der Waals surface area (Å²) in [4.78, 5) is 0. The lowest BCUT2D eigenvalue weighted by Crippen LogP contribution is -2.38. The van der Waals surface area contributed by atoms with Crippen LogP contribution in [0.1, 0.15) is 13.3 Å². The highest BCUT2D eigenvalue weighted by molar-refractivity contribution is 6.79. The van der Waals surface area contributed by atoms with Crippen molar-refractivity contribution < 1.29 is 12.6 Å². The Morgan fingerprint density at radius 2 is 1.69 bits per heavy atom. The van der Waals surface area contributed by atoms with Gasteiger partial charge in [0.2, 0.25) is 0 Å². The third-order valence-electron chi connectivity index (χ3n) is 1.83. The molecule has 0 fully saturated rings. The van der Waals surface area contributed by atoms with Crippen LogP contribution in [0.2, 0.25) is 6.04 Å². The third kappa shape index (κ3) is 2.59. The SMILES string of the molecule is CCC[Si](F)(F)c1ccc(F)cc1. The molecule has 0 saturated carbocycles. The van der Waals surface area contributed by atoms with Gasteiger partial charge in [-0.2, -0.15) is 0 Å². The number of halogens is 3. The van der Waals surface area contributed by atoms with Gasteiger partial charge in [0.15, 0.2) is 0 Å². The molecule has 0 radical (unpaired) electrons. The molecule has 0 spiro atoms. The van der Waals surface area contributed by atoms with Crippen molar-refractivity contribution in [2.75, 3.05) is 0 Å². The molecule has 0 aliphatic carbocycles. The van der Waals surface area contributed by atoms with Crippen LogP contribution in [0, 0.1) is 5.82 Å². The molecular weight excluding hydrogens is 193 g/mol. The molecule has 4 heteroatoms. The number of rotatable bonds is 3. The van der Waals surface area contributed by atoms with Crippen LogP contribution >= 0.6 is 0 Å². The summed E-state index contributed by atoms with van der Waals surface area (Å²) in [6.07, 6.45) is 0.469. The Bertz CT molecular complexity index is 269. The zero-order chi connectivity index (χ0) is 9.90. The smallest absolute Gasteiger partial charge is 0.265 e. The van der Waals surface area contributed by atoms with Gasteiger partial charge in [0, 0.05) is 11.2 Å². The molecule has 0 bridgehead atoms. The van der Waals surface area contributed by atoms with Crippen LogP contribution in [0.15, 0.2) is 24.3 Å². The van der Waals surface area contributed by atoms with Gasteiger partial charge in [0.25, 0.3) is 0 Å². The van der Waals surface area contributed by atoms with E-state index >= 15 is 0 Å². The van der Waals surface area contributed by atoms with Crippen molar-refractivity contribution in [3.63, 3.8) is 0 Å². The molecule has 0 aliphatic rings. The molecule has 0 unspecified atom stereocenters. The normalized spacial score (nSPS) is 11.7. The van der Waals surface area contributed by atoms with Gasteiger partial charge in [-0.15, -0.1) is 0 Å². The second-order valence-corrected chi connectivity index (χ2v) is 5.45. The average Bonchev–Trinajstić information content (AvgIpc) is 2.05. The van der Waals surface area contributed by atoms with E-state index in [1.165, 1.54) is 12.1 Å². The summed E-state index contributed by atoms with van der Waals surface area (Å²) >= 11 is 0. The fraction of sp³-hybridized carbons (Fsp3) is 0.333. The van der Waals surface area contributed by atoms with Crippen LogP contribution in [0.4, 0.5) is 12.6 Å². The summed E-state index contributed by atoms with van der Waals surface area (Å²) in [6.45, 7) is 1.73. The van der Waals surface area contributed by atoms with Crippen LogP contribution in [0.25, 0.3) is 0 Å². The number of hydrogen-bond donors (Lipinski definition) is 0. The lowest BCUT2D eigenvalue weighted by molar-refractivity contribution is 0.613. The minimum atomic E-state index is -4.27. The van der Waals surface area contributed by atoms with Gasteiger partial charge in [-0.3, -0.25) is 8.22 Å². The van der Waals surface area contributed by atoms with Crippen molar-refractivity contribution in [3.05, 3.63) is 30.1 Å². The van der Waals surface area contributed by atoms with Crippen molar-refractivity contribution in [1.82, 2.24) is 0 Å². The minimum absolute atomic E-state index is 0.0238. The van der Waals surface area contributed by atoms with Gasteiger partial charge < -0.3 is 0 Å². The van der Waals surface area contributed by atoms with Crippen molar-refractivity contribution >= 4 is 13.9 Å². The third-order valence-corrected chi connectivity index (χ3v) is 4.14. The summed E-state index contributed by atoms with van der Waals surface area (Å²) in [5.74, 6) is -0.468. The Labute approximate surface area is 76.8 Å². The molecule has 1 rings (SSSR count). The summed E-state index contributed by atoms with van der Waals surface area (Å²) in [5, 5.41) is 0.0238. The molecule has 0 amide bonds. The summed E-state index contributed by atoms with van der Waals surface area (Å²) in [7, 11) is -4.27. The first-order valence-electron chi connectivity index (χ1n) is 4.20. The first kappa shape index (κ1) is 10.3. The quantitative estimate of drug-likeness (QED) is 0.524. The van der Waals surface area contributed by atoms with E-state index in [1.807, 2.05) is 0 Å². The Morgan fingerprint density at radius 1 is 1.15 bits per heavy atom. The molecule has 1 aromatic carbocycles. The number of benzene rings is 1. The van der Waals surface area contributed by atoms with E-state index in [9.17, 15) is 12.6 Å². The summed E-state index contributed by atoms with van der Waals surface area (Å²) in [6, 6.07) is 4.50. The maximum atomic E-state index is 13.3. The minimum Gasteiger partial charge on any atom is -0.265 e. The molecule has 0 atom stereocenters. The van der Waals surface area contributed by atoms with Crippen LogP contribution in [0.3, 0.4) is 0 Å². The molecule has 13 heavy (non-hydrogen) atoms. The monoisotopic (exact) mass is 204 g/mol. The molecule has 72 valence electrons. The predicted octanol–water partition coefficient (Wildman–Crippen LogP) is 2.82. The Balaban J connectivity index is 2.87. The summed E-state index contributed by atoms with van der Waals surface area (Å²) < 4.78 is 39.0. The molecular formula is C9H11F3Si. The van der Waals surface area contributed by atoms with E-state index in [-0.39, 0.29) is 11.2 Å². The van der Waals surface area contributed by atoms with Crippen molar-refractivity contribution in [3.8, 4) is 0 Å². The molecule has 0 aliphatic heterocycles. The van der Waals surface area contributed by atoms with E-state index in [1.54, 1.807) is 6.92 Å². The van der Waals surface area contributed by atoms with E-state index in [0.717, 1.165) is 12.1 Å². The highest BCUT2D eigenvalue weighted by Gasteiger charge is 2.36. The van der Waals surface area contributed by atoms with Gasteiger partial charge in [-0.05, 0) is 12.1 Å². The van der Waals surface area contributed by atoms with Gasteiger partial charge in [-0.25, -0.2) is 4.39 Å². The van der Waals surface area contributed by atoms with Crippen LogP contribution in [-0.4, -0.2) is 8.74 Å². The zero-order valence-corrected chi connectivity index (χ0v) is 8.36. The molecule has 0 N–H and O–H groups in total. The lowest BCUT2D eigenvalue weighted by atomic mass is 10.3. The van der Waals surface area contributed by atoms with E-state index in [4.69, 9.17) is 0 Å². The van der Waals surface area contributed by atoms with Crippen LogP contribution < -0.4 is 5.19 Å². The van der Waals surface area contributed by atoms with Gasteiger partial charge >= 0.3 is 8.74 Å². The molecule has 0 aromatic heterocycles. The average molecular weight is 204 g/mol. The lowest BCUT2D eigenvalue weighted by Gasteiger charge is -2.11. The second kappa shape index (κ2) is 3.96. The van der Waals surface area contributed by atoms with Gasteiger partial charge in [0.1, 0.15) is 5.82 Å². The highest BCUT2D eigenvalue weighted by Crippen LogP contribution is 2.15. The van der Waals surface area contributed by atoms with Crippen molar-refractivity contribution in [2.24, 2.45) is 0 Å². The van der Waals surface area contributed by atoms with Crippen molar-refractivity contribution in [1.29, 1.82) is 0 Å². The topological polar surface area (TPSA) is 0 Å². The van der Waals surface area contributed by atoms with E-state index in [2.05, 4.69) is 0 Å². The zero-order valence-electron chi connectivity index (χ0n) is 7.36. The maximum absolute atomic E-state index is 13.3. The van der Waals surface area contributed by atoms with Crippen LogP contribution in [-0.2, 0) is 0 Å². The standard InChI is InChI=1S/C9H11F3Si/c1-2-7-13(11,12)9-5-3-8(10)4-6-9/h3-6H,2,7H2,1H3. The summed E-state index contributed by atoms with van der Waals surface area (Å²) in [5.41, 5.74) is 0. The van der Waals surface area contributed by atoms with Gasteiger partial charge in [0.05, 0.1) is 0 Å². The van der Waals surface area contributed by atoms with E-state index < -0.39 is 14.6 Å². The fourth-order valence-electron chi connectivity index (χ4n) is 1.15. The molecule has 0 nitrogen and oxygen atoms in total. The van der Waals surface area contributed by atoms with E-state index in [0.29, 0.717) is 6.42 Å². The van der Waals surface area contributed by atoms with Crippen molar-refractivity contribution in [2.45, 2.75) is 19.4 Å². The Morgan fingerprint density at radius 3 is 2.15 bits per heavy atom. The fourth-order valence-corrected chi connectivity index (χ4v) is 2.72. The predicted molar refractivity (Wildman–Crippen MR) is 49.1 cm³/mol. The highest BCUT2D eigenvalue weighted by atomic mass is 28.4. The molecule has 0 saturated heterocycles. The number of hydrogen-bond acceptors (Lipinski definition) is 0. The molecule has 1 aromatic rings. The Hall–Kier alpha value is -0.773. The first-order chi connectivity index (χ1) is 6.06. The van der Waals surface area contributed by atoms with Gasteiger partial charge in [-0.1, -0.05) is 25.5 Å². The maximum Gasteiger partial charge on any atom is 0.455 e. The van der Waals surface area contributed by atoms with Crippen LogP contribution in [0.5, 0.6) is 0 Å². The molecule has 0 heterocycles. The largest absolute Gasteiger partial charge is 0.455 e. The first-order valence-corrected chi connectivity index (χ1v) is 6.16. The Kier molecular flexibility index (Phi) is 3.14. The second-order valence-electron chi connectivity index (χ2n) is 2.96.